The van der Waals surface area contributed by atoms with Crippen molar-refractivity contribution >= 4 is 29.4 Å². The predicted octanol–water partition coefficient (Wildman–Crippen LogP) is 1.98. The van der Waals surface area contributed by atoms with Crippen molar-refractivity contribution in [3.63, 3.8) is 0 Å². The largest absolute Gasteiger partial charge is 0.455 e. The fraction of sp³-hybridized carbons (Fsp3) is 0.550. The molecule has 1 aromatic rings. The van der Waals surface area contributed by atoms with E-state index in [1.165, 1.54) is 0 Å². The number of likely N-dealkylation sites (tertiary alicyclic amines) is 1. The Balaban J connectivity index is 1.42. The molecular weight excluding hydrogens is 384 g/mol. The number of morpholine rings is 1. The third kappa shape index (κ3) is 5.23. The zero-order valence-corrected chi connectivity index (χ0v) is 16.7. The molecule has 0 aromatic heterocycles. The van der Waals surface area contributed by atoms with Crippen molar-refractivity contribution in [3.8, 4) is 0 Å². The van der Waals surface area contributed by atoms with Crippen molar-refractivity contribution < 1.29 is 23.9 Å². The summed E-state index contributed by atoms with van der Waals surface area (Å²) >= 11 is 5.86. The Labute approximate surface area is 169 Å². The highest BCUT2D eigenvalue weighted by Gasteiger charge is 2.30. The van der Waals surface area contributed by atoms with Crippen molar-refractivity contribution in [3.05, 3.63) is 34.9 Å². The number of carbonyl (C=O) groups excluding carboxylic acids is 3. The Morgan fingerprint density at radius 3 is 2.43 bits per heavy atom. The minimum atomic E-state index is -0.367. The van der Waals surface area contributed by atoms with E-state index < -0.39 is 0 Å². The summed E-state index contributed by atoms with van der Waals surface area (Å²) in [5, 5.41) is 0.582. The summed E-state index contributed by atoms with van der Waals surface area (Å²) in [5.41, 5.74) is 0.579. The van der Waals surface area contributed by atoms with Gasteiger partial charge < -0.3 is 19.3 Å². The van der Waals surface area contributed by atoms with Gasteiger partial charge in [0.25, 0.3) is 11.8 Å². The van der Waals surface area contributed by atoms with Crippen LogP contribution in [0.5, 0.6) is 0 Å². The number of hydrogen-bond acceptors (Lipinski definition) is 5. The van der Waals surface area contributed by atoms with Crippen LogP contribution in [0.3, 0.4) is 0 Å². The summed E-state index contributed by atoms with van der Waals surface area (Å²) in [6.45, 7) is 4.17. The average Bonchev–Trinajstić information content (AvgIpc) is 2.72. The van der Waals surface area contributed by atoms with Gasteiger partial charge in [0, 0.05) is 36.8 Å². The van der Waals surface area contributed by atoms with Gasteiger partial charge in [0.15, 0.2) is 6.61 Å². The first kappa shape index (κ1) is 20.6. The van der Waals surface area contributed by atoms with Crippen molar-refractivity contribution in [1.29, 1.82) is 0 Å². The van der Waals surface area contributed by atoms with Crippen molar-refractivity contribution in [1.82, 2.24) is 9.80 Å². The summed E-state index contributed by atoms with van der Waals surface area (Å²) in [6.07, 6.45) is 1.05. The average molecular weight is 409 g/mol. The molecule has 0 saturated carbocycles. The molecule has 0 aliphatic carbocycles. The number of carbonyl (C=O) groups is 3. The Kier molecular flexibility index (Phi) is 6.91. The molecule has 0 N–H and O–H groups in total. The second-order valence-corrected chi connectivity index (χ2v) is 7.64. The Morgan fingerprint density at radius 1 is 1.11 bits per heavy atom. The number of esters is 1. The molecule has 2 heterocycles. The SMILES string of the molecule is CC1CN(C(=O)COC(=O)C2CCN(C(=O)c3ccc(Cl)cc3)CC2)CCO1. The summed E-state index contributed by atoms with van der Waals surface area (Å²) in [7, 11) is 0. The van der Waals surface area contributed by atoms with Gasteiger partial charge in [-0.15, -0.1) is 0 Å². The molecule has 2 aliphatic heterocycles. The van der Waals surface area contributed by atoms with Gasteiger partial charge in [-0.1, -0.05) is 11.6 Å². The number of benzene rings is 1. The van der Waals surface area contributed by atoms with E-state index in [1.807, 2.05) is 6.92 Å². The quantitative estimate of drug-likeness (QED) is 0.712. The van der Waals surface area contributed by atoms with Gasteiger partial charge in [-0.05, 0) is 44.0 Å². The molecule has 0 radical (unpaired) electrons. The zero-order valence-electron chi connectivity index (χ0n) is 15.9. The lowest BCUT2D eigenvalue weighted by molar-refractivity contribution is -0.158. The molecule has 2 amide bonds. The molecule has 1 aromatic carbocycles. The van der Waals surface area contributed by atoms with E-state index in [0.717, 1.165) is 0 Å². The predicted molar refractivity (Wildman–Crippen MR) is 103 cm³/mol. The van der Waals surface area contributed by atoms with Crippen molar-refractivity contribution in [2.24, 2.45) is 5.92 Å². The molecule has 2 aliphatic rings. The van der Waals surface area contributed by atoms with Crippen LogP contribution in [0.4, 0.5) is 0 Å². The fourth-order valence-electron chi connectivity index (χ4n) is 3.48. The second kappa shape index (κ2) is 9.39. The number of rotatable bonds is 4. The minimum absolute atomic E-state index is 0.00379. The van der Waals surface area contributed by atoms with Crippen LogP contribution in [0.1, 0.15) is 30.1 Å². The highest BCUT2D eigenvalue weighted by molar-refractivity contribution is 6.30. The van der Waals surface area contributed by atoms with E-state index in [2.05, 4.69) is 0 Å². The van der Waals surface area contributed by atoms with Crippen molar-refractivity contribution in [2.45, 2.75) is 25.9 Å². The maximum atomic E-state index is 12.5. The van der Waals surface area contributed by atoms with Crippen LogP contribution in [0.15, 0.2) is 24.3 Å². The van der Waals surface area contributed by atoms with Gasteiger partial charge in [0.2, 0.25) is 0 Å². The fourth-order valence-corrected chi connectivity index (χ4v) is 3.61. The Hall–Kier alpha value is -2.12. The van der Waals surface area contributed by atoms with Gasteiger partial charge in [-0.25, -0.2) is 0 Å². The van der Waals surface area contributed by atoms with Crippen LogP contribution in [-0.2, 0) is 19.1 Å². The van der Waals surface area contributed by atoms with Crippen LogP contribution < -0.4 is 0 Å². The lowest BCUT2D eigenvalue weighted by atomic mass is 9.96. The van der Waals surface area contributed by atoms with E-state index in [4.69, 9.17) is 21.1 Å². The first-order valence-electron chi connectivity index (χ1n) is 9.55. The summed E-state index contributed by atoms with van der Waals surface area (Å²) < 4.78 is 10.6. The second-order valence-electron chi connectivity index (χ2n) is 7.20. The minimum Gasteiger partial charge on any atom is -0.455 e. The molecule has 8 heteroatoms. The first-order valence-corrected chi connectivity index (χ1v) is 9.92. The summed E-state index contributed by atoms with van der Waals surface area (Å²) in [5.74, 6) is -0.919. The number of ether oxygens (including phenoxy) is 2. The normalized spacial score (nSPS) is 20.7. The zero-order chi connectivity index (χ0) is 20.1. The van der Waals surface area contributed by atoms with E-state index >= 15 is 0 Å². The monoisotopic (exact) mass is 408 g/mol. The van der Waals surface area contributed by atoms with Crippen LogP contribution in [0, 0.1) is 5.92 Å². The van der Waals surface area contributed by atoms with E-state index in [1.54, 1.807) is 34.1 Å². The molecule has 0 bridgehead atoms. The summed E-state index contributed by atoms with van der Waals surface area (Å²) in [6, 6.07) is 6.77. The molecule has 7 nitrogen and oxygen atoms in total. The molecule has 0 spiro atoms. The third-order valence-corrected chi connectivity index (χ3v) is 5.39. The number of piperidine rings is 1. The highest BCUT2D eigenvalue weighted by Crippen LogP contribution is 2.21. The number of amides is 2. The molecule has 3 rings (SSSR count). The highest BCUT2D eigenvalue weighted by atomic mass is 35.5. The first-order chi connectivity index (χ1) is 13.4. The Morgan fingerprint density at radius 2 is 1.79 bits per heavy atom. The summed E-state index contributed by atoms with van der Waals surface area (Å²) in [4.78, 5) is 40.4. The topological polar surface area (TPSA) is 76.2 Å². The molecule has 1 atom stereocenters. The molecule has 2 saturated heterocycles. The van der Waals surface area contributed by atoms with Crippen LogP contribution in [-0.4, -0.2) is 73.1 Å². The maximum Gasteiger partial charge on any atom is 0.309 e. The molecule has 28 heavy (non-hydrogen) atoms. The maximum absolute atomic E-state index is 12.5. The van der Waals surface area contributed by atoms with E-state index in [-0.39, 0.29) is 36.4 Å². The van der Waals surface area contributed by atoms with E-state index in [9.17, 15) is 14.4 Å². The molecular formula is C20H25ClN2O5. The third-order valence-electron chi connectivity index (χ3n) is 5.14. The molecule has 152 valence electrons. The van der Waals surface area contributed by atoms with Gasteiger partial charge in [0.1, 0.15) is 0 Å². The van der Waals surface area contributed by atoms with Crippen LogP contribution in [0.2, 0.25) is 5.02 Å². The lowest BCUT2D eigenvalue weighted by Crippen LogP contribution is -2.46. The van der Waals surface area contributed by atoms with Crippen molar-refractivity contribution in [2.75, 3.05) is 39.4 Å². The van der Waals surface area contributed by atoms with Gasteiger partial charge >= 0.3 is 5.97 Å². The molecule has 1 unspecified atom stereocenters. The van der Waals surface area contributed by atoms with Gasteiger partial charge in [-0.2, -0.15) is 0 Å². The lowest BCUT2D eigenvalue weighted by Gasteiger charge is -2.32. The number of halogens is 1. The number of nitrogens with zero attached hydrogens (tertiary/aromatic N) is 2. The van der Waals surface area contributed by atoms with Crippen LogP contribution >= 0.6 is 11.6 Å². The Bertz CT molecular complexity index is 716. The molecule has 2 fully saturated rings. The van der Waals surface area contributed by atoms with Crippen LogP contribution in [0.25, 0.3) is 0 Å². The van der Waals surface area contributed by atoms with Gasteiger partial charge in [-0.3, -0.25) is 14.4 Å². The van der Waals surface area contributed by atoms with Gasteiger partial charge in [0.05, 0.1) is 18.6 Å². The number of hydrogen-bond donors (Lipinski definition) is 0. The smallest absolute Gasteiger partial charge is 0.309 e. The van der Waals surface area contributed by atoms with E-state index in [0.29, 0.717) is 56.2 Å². The standard InChI is InChI=1S/C20H25ClN2O5/c1-14-12-23(10-11-27-14)18(24)13-28-20(26)16-6-8-22(9-7-16)19(25)15-2-4-17(21)5-3-15/h2-5,14,16H,6-13H2,1H3.